The molecule has 0 fully saturated rings. The number of Topliss-reactive ketones (excluding diaryl/α,β-unsaturated/α-hetero) is 1. The Morgan fingerprint density at radius 2 is 1.53 bits per heavy atom. The van der Waals surface area contributed by atoms with Crippen LogP contribution >= 0.6 is 11.3 Å². The zero-order valence-corrected chi connectivity index (χ0v) is 28.5. The molecule has 6 nitrogen and oxygen atoms in total. The summed E-state index contributed by atoms with van der Waals surface area (Å²) in [4.78, 5) is 41.2. The smallest absolute Gasteiger partial charge is 0.337 e. The Hall–Kier alpha value is -4.07. The standard InChI is InChI=1S/C40H45NO5S/c1-26(2)32(25-42)20-15-29-7-6-8-31(23-29)35(43)24-37-38(34-9-4-5-10-36(34)47-37)39(44)41-33-21-16-28(17-22-33)12-11-27-13-18-30(19-14-27)40(45)46-3/h6-8,13-14,16-19,21-23,26,32,42H,4-5,9-12,15,20,24-25H2,1-3H3,(H,41,44)/t32-/m0/s1. The summed E-state index contributed by atoms with van der Waals surface area (Å²) in [7, 11) is 1.38. The second-order valence-electron chi connectivity index (χ2n) is 12.9. The van der Waals surface area contributed by atoms with Crippen LogP contribution in [0.3, 0.4) is 0 Å². The molecule has 1 aliphatic carbocycles. The predicted molar refractivity (Wildman–Crippen MR) is 189 cm³/mol. The number of aliphatic hydroxyl groups is 1. The molecular formula is C40H45NO5S. The van der Waals surface area contributed by atoms with Crippen LogP contribution in [0.2, 0.25) is 0 Å². The van der Waals surface area contributed by atoms with Crippen molar-refractivity contribution < 1.29 is 24.2 Å². The number of carbonyl (C=O) groups is 3. The second kappa shape index (κ2) is 16.2. The van der Waals surface area contributed by atoms with Crippen LogP contribution in [0.25, 0.3) is 0 Å². The van der Waals surface area contributed by atoms with Crippen molar-refractivity contribution in [1.29, 1.82) is 0 Å². The van der Waals surface area contributed by atoms with Crippen LogP contribution in [-0.4, -0.2) is 36.5 Å². The summed E-state index contributed by atoms with van der Waals surface area (Å²) in [5.74, 6) is 0.172. The molecule has 0 spiro atoms. The van der Waals surface area contributed by atoms with Gasteiger partial charge in [0.05, 0.1) is 18.2 Å². The van der Waals surface area contributed by atoms with Crippen molar-refractivity contribution >= 4 is 34.7 Å². The number of ether oxygens (including phenoxy) is 1. The van der Waals surface area contributed by atoms with E-state index in [-0.39, 0.29) is 36.6 Å². The lowest BCUT2D eigenvalue weighted by Crippen LogP contribution is -2.17. The summed E-state index contributed by atoms with van der Waals surface area (Å²) in [6.07, 6.45) is 7.51. The van der Waals surface area contributed by atoms with Gasteiger partial charge >= 0.3 is 5.97 Å². The number of methoxy groups -OCH3 is 1. The highest BCUT2D eigenvalue weighted by Gasteiger charge is 2.27. The third kappa shape index (κ3) is 8.85. The number of aliphatic hydroxyl groups excluding tert-OH is 1. The number of thiophene rings is 1. The molecule has 47 heavy (non-hydrogen) atoms. The molecule has 0 bridgehead atoms. The van der Waals surface area contributed by atoms with Crippen molar-refractivity contribution in [1.82, 2.24) is 0 Å². The van der Waals surface area contributed by atoms with Gasteiger partial charge in [0.1, 0.15) is 0 Å². The number of benzene rings is 3. The van der Waals surface area contributed by atoms with Gasteiger partial charge in [0, 0.05) is 34.0 Å². The van der Waals surface area contributed by atoms with Gasteiger partial charge < -0.3 is 15.2 Å². The number of amides is 1. The van der Waals surface area contributed by atoms with Gasteiger partial charge in [-0.2, -0.15) is 0 Å². The number of aryl methyl sites for hydroxylation is 4. The highest BCUT2D eigenvalue weighted by atomic mass is 32.1. The van der Waals surface area contributed by atoms with Crippen LogP contribution in [-0.2, 0) is 43.3 Å². The van der Waals surface area contributed by atoms with Gasteiger partial charge in [-0.15, -0.1) is 11.3 Å². The molecule has 3 aromatic carbocycles. The molecule has 0 unspecified atom stereocenters. The molecule has 0 saturated heterocycles. The Labute approximate surface area is 282 Å². The molecular weight excluding hydrogens is 607 g/mol. The Morgan fingerprint density at radius 1 is 0.851 bits per heavy atom. The summed E-state index contributed by atoms with van der Waals surface area (Å²) in [6, 6.07) is 23.2. The Balaban J connectivity index is 1.25. The topological polar surface area (TPSA) is 92.7 Å². The highest BCUT2D eigenvalue weighted by molar-refractivity contribution is 7.12. The molecule has 4 aromatic rings. The first-order valence-corrected chi connectivity index (χ1v) is 17.5. The Bertz CT molecular complexity index is 1690. The molecule has 5 rings (SSSR count). The molecule has 1 aromatic heterocycles. The number of hydrogen-bond donors (Lipinski definition) is 2. The number of fused-ring (bicyclic) bond motifs is 1. The van der Waals surface area contributed by atoms with E-state index in [2.05, 4.69) is 19.2 Å². The van der Waals surface area contributed by atoms with Crippen LogP contribution in [0.4, 0.5) is 5.69 Å². The molecule has 246 valence electrons. The van der Waals surface area contributed by atoms with E-state index in [0.717, 1.165) is 84.2 Å². The van der Waals surface area contributed by atoms with Crippen molar-refractivity contribution in [3.05, 3.63) is 121 Å². The van der Waals surface area contributed by atoms with Crippen LogP contribution in [0, 0.1) is 11.8 Å². The molecule has 1 aliphatic rings. The van der Waals surface area contributed by atoms with Crippen molar-refractivity contribution in [3.63, 3.8) is 0 Å². The minimum atomic E-state index is -0.341. The fraction of sp³-hybridized carbons (Fsp3) is 0.375. The lowest BCUT2D eigenvalue weighted by atomic mass is 9.90. The number of nitrogens with one attached hydrogen (secondary N) is 1. The number of esters is 1. The minimum absolute atomic E-state index is 0.0198. The molecule has 7 heteroatoms. The zero-order valence-electron chi connectivity index (χ0n) is 27.6. The summed E-state index contributed by atoms with van der Waals surface area (Å²) < 4.78 is 4.77. The maximum Gasteiger partial charge on any atom is 0.337 e. The molecule has 0 aliphatic heterocycles. The van der Waals surface area contributed by atoms with Gasteiger partial charge in [0.15, 0.2) is 5.78 Å². The maximum atomic E-state index is 13.8. The van der Waals surface area contributed by atoms with Crippen molar-refractivity contribution in [2.45, 2.75) is 71.6 Å². The van der Waals surface area contributed by atoms with Gasteiger partial charge in [0.25, 0.3) is 5.91 Å². The van der Waals surface area contributed by atoms with Crippen molar-refractivity contribution in [3.8, 4) is 0 Å². The van der Waals surface area contributed by atoms with E-state index >= 15 is 0 Å². The molecule has 0 saturated carbocycles. The van der Waals surface area contributed by atoms with E-state index in [1.807, 2.05) is 60.7 Å². The van der Waals surface area contributed by atoms with Gasteiger partial charge in [-0.25, -0.2) is 4.79 Å². The van der Waals surface area contributed by atoms with Crippen LogP contribution < -0.4 is 5.32 Å². The first kappa shape index (κ1) is 34.3. The van der Waals surface area contributed by atoms with Crippen LogP contribution in [0.15, 0.2) is 72.8 Å². The molecule has 1 amide bonds. The first-order chi connectivity index (χ1) is 22.7. The fourth-order valence-electron chi connectivity index (χ4n) is 6.31. The maximum absolute atomic E-state index is 13.8. The van der Waals surface area contributed by atoms with Gasteiger partial charge in [-0.05, 0) is 116 Å². The summed E-state index contributed by atoms with van der Waals surface area (Å²) >= 11 is 1.62. The number of anilines is 1. The molecule has 1 atom stereocenters. The van der Waals surface area contributed by atoms with E-state index in [9.17, 15) is 19.5 Å². The summed E-state index contributed by atoms with van der Waals surface area (Å²) in [5.41, 5.74) is 7.09. The highest BCUT2D eigenvalue weighted by Crippen LogP contribution is 2.36. The molecule has 0 radical (unpaired) electrons. The third-order valence-electron chi connectivity index (χ3n) is 9.31. The predicted octanol–water partition coefficient (Wildman–Crippen LogP) is 8.07. The van der Waals surface area contributed by atoms with Crippen molar-refractivity contribution in [2.75, 3.05) is 19.0 Å². The lowest BCUT2D eigenvalue weighted by Gasteiger charge is -2.18. The number of ketones is 1. The van der Waals surface area contributed by atoms with E-state index in [1.165, 1.54) is 12.0 Å². The summed E-state index contributed by atoms with van der Waals surface area (Å²) in [5, 5.41) is 12.8. The monoisotopic (exact) mass is 651 g/mol. The summed E-state index contributed by atoms with van der Waals surface area (Å²) in [6.45, 7) is 4.43. The SMILES string of the molecule is COC(=O)c1ccc(CCc2ccc(NC(=O)c3c(CC(=O)c4cccc(CC[C@@H](CO)C(C)C)c4)sc4c3CCCC4)cc2)cc1. The molecule has 1 heterocycles. The second-order valence-corrected chi connectivity index (χ2v) is 14.1. The van der Waals surface area contributed by atoms with Gasteiger partial charge in [-0.1, -0.05) is 56.3 Å². The van der Waals surface area contributed by atoms with Crippen LogP contribution in [0.5, 0.6) is 0 Å². The third-order valence-corrected chi connectivity index (χ3v) is 10.6. The average Bonchev–Trinajstić information content (AvgIpc) is 3.46. The largest absolute Gasteiger partial charge is 0.465 e. The van der Waals surface area contributed by atoms with E-state index in [0.29, 0.717) is 22.6 Å². The Kier molecular flexibility index (Phi) is 11.8. The number of hydrogen-bond acceptors (Lipinski definition) is 6. The van der Waals surface area contributed by atoms with Gasteiger partial charge in [0.2, 0.25) is 0 Å². The van der Waals surface area contributed by atoms with E-state index in [1.54, 1.807) is 23.5 Å². The fourth-order valence-corrected chi connectivity index (χ4v) is 7.70. The van der Waals surface area contributed by atoms with Crippen molar-refractivity contribution in [2.24, 2.45) is 11.8 Å². The normalized spacial score (nSPS) is 13.2. The quantitative estimate of drug-likeness (QED) is 0.106. The first-order valence-electron chi connectivity index (χ1n) is 16.7. The Morgan fingerprint density at radius 3 is 2.19 bits per heavy atom. The average molecular weight is 652 g/mol. The number of rotatable bonds is 14. The minimum Gasteiger partial charge on any atom is -0.465 e. The van der Waals surface area contributed by atoms with E-state index < -0.39 is 0 Å². The zero-order chi connectivity index (χ0) is 33.3. The molecule has 2 N–H and O–H groups in total. The number of carbonyl (C=O) groups excluding carboxylic acids is 3. The van der Waals surface area contributed by atoms with E-state index in [4.69, 9.17) is 4.74 Å². The van der Waals surface area contributed by atoms with Crippen LogP contribution in [0.1, 0.15) is 96.2 Å². The van der Waals surface area contributed by atoms with Gasteiger partial charge in [-0.3, -0.25) is 9.59 Å². The lowest BCUT2D eigenvalue weighted by molar-refractivity contribution is 0.0600.